The van der Waals surface area contributed by atoms with Gasteiger partial charge < -0.3 is 18.6 Å². The van der Waals surface area contributed by atoms with Gasteiger partial charge in [0, 0.05) is 17.2 Å². The Balaban J connectivity index is 1.55. The number of hydrogen-bond donors (Lipinski definition) is 0. The summed E-state index contributed by atoms with van der Waals surface area (Å²) in [5.74, 6) is 0.974. The highest BCUT2D eigenvalue weighted by atomic mass is 19.1. The first-order chi connectivity index (χ1) is 19.1. The van der Waals surface area contributed by atoms with Crippen molar-refractivity contribution in [2.75, 3.05) is 14.2 Å². The van der Waals surface area contributed by atoms with Crippen molar-refractivity contribution in [3.63, 3.8) is 0 Å². The minimum absolute atomic E-state index is 0.270. The van der Waals surface area contributed by atoms with Crippen molar-refractivity contribution in [2.24, 2.45) is 0 Å². The molecule has 3 aromatic carbocycles. The van der Waals surface area contributed by atoms with Crippen molar-refractivity contribution in [2.45, 2.75) is 5.92 Å². The average molecular weight is 522 g/mol. The molecule has 0 N–H and O–H groups in total. The normalized spacial score (nSPS) is 14.1. The fraction of sp³-hybridized carbons (Fsp3) is 0.103. The molecule has 0 bridgehead atoms. The van der Waals surface area contributed by atoms with Gasteiger partial charge in [0.2, 0.25) is 5.88 Å². The summed E-state index contributed by atoms with van der Waals surface area (Å²) in [6, 6.07) is 18.4. The largest absolute Gasteiger partial charge is 0.497 e. The van der Waals surface area contributed by atoms with Crippen molar-refractivity contribution in [1.82, 2.24) is 19.6 Å². The van der Waals surface area contributed by atoms with Gasteiger partial charge in [-0.2, -0.15) is 0 Å². The number of para-hydroxylation sites is 1. The van der Waals surface area contributed by atoms with Crippen molar-refractivity contribution in [3.05, 3.63) is 106 Å². The third-order valence-corrected chi connectivity index (χ3v) is 6.82. The number of halogens is 1. The zero-order valence-electron chi connectivity index (χ0n) is 20.7. The Bertz CT molecular complexity index is 1970. The van der Waals surface area contributed by atoms with E-state index in [1.54, 1.807) is 50.6 Å². The molecule has 0 spiro atoms. The van der Waals surface area contributed by atoms with E-state index in [9.17, 15) is 9.18 Å². The maximum atomic E-state index is 13.6. The molecule has 192 valence electrons. The lowest BCUT2D eigenvalue weighted by Crippen LogP contribution is -2.22. The lowest BCUT2D eigenvalue weighted by atomic mass is 9.83. The van der Waals surface area contributed by atoms with Crippen LogP contribution in [-0.4, -0.2) is 33.8 Å². The van der Waals surface area contributed by atoms with E-state index in [4.69, 9.17) is 23.6 Å². The minimum atomic E-state index is -0.730. The highest BCUT2D eigenvalue weighted by molar-refractivity contribution is 5.87. The third-order valence-electron chi connectivity index (χ3n) is 6.82. The summed E-state index contributed by atoms with van der Waals surface area (Å²) in [5, 5.41) is 5.19. The van der Waals surface area contributed by atoms with Crippen LogP contribution in [-0.2, 0) is 0 Å². The van der Waals surface area contributed by atoms with E-state index < -0.39 is 11.5 Å². The number of aromatic nitrogens is 4. The zero-order valence-corrected chi connectivity index (χ0v) is 20.7. The second kappa shape index (κ2) is 8.66. The van der Waals surface area contributed by atoms with Crippen LogP contribution in [0, 0.1) is 5.82 Å². The number of ether oxygens (including phenoxy) is 3. The summed E-state index contributed by atoms with van der Waals surface area (Å²) in [6.45, 7) is 0. The first kappa shape index (κ1) is 22.9. The summed E-state index contributed by atoms with van der Waals surface area (Å²) in [4.78, 5) is 22.9. The van der Waals surface area contributed by atoms with Crippen molar-refractivity contribution >= 4 is 16.6 Å². The summed E-state index contributed by atoms with van der Waals surface area (Å²) >= 11 is 0. The van der Waals surface area contributed by atoms with Crippen LogP contribution in [0.25, 0.3) is 28.0 Å². The lowest BCUT2D eigenvalue weighted by Gasteiger charge is -2.28. The summed E-state index contributed by atoms with van der Waals surface area (Å²) in [6.07, 6.45) is 1.50. The maximum Gasteiger partial charge on any atom is 0.344 e. The van der Waals surface area contributed by atoms with Gasteiger partial charge in [-0.1, -0.05) is 18.2 Å². The second-order valence-electron chi connectivity index (χ2n) is 8.95. The molecule has 9 nitrogen and oxygen atoms in total. The Morgan fingerprint density at radius 3 is 2.59 bits per heavy atom. The number of methoxy groups -OCH3 is 2. The molecule has 39 heavy (non-hydrogen) atoms. The van der Waals surface area contributed by atoms with Crippen LogP contribution in [0.3, 0.4) is 0 Å². The molecule has 0 aliphatic carbocycles. The molecule has 0 amide bonds. The first-order valence-corrected chi connectivity index (χ1v) is 12.0. The van der Waals surface area contributed by atoms with Gasteiger partial charge in [-0.15, -0.1) is 5.10 Å². The first-order valence-electron chi connectivity index (χ1n) is 12.0. The number of fused-ring (bicyclic) bond motifs is 6. The van der Waals surface area contributed by atoms with Crippen LogP contribution in [0.4, 0.5) is 4.39 Å². The van der Waals surface area contributed by atoms with E-state index in [-0.39, 0.29) is 17.3 Å². The Hall–Kier alpha value is -5.25. The van der Waals surface area contributed by atoms with Gasteiger partial charge in [-0.05, 0) is 42.5 Å². The highest BCUT2D eigenvalue weighted by Gasteiger charge is 2.39. The Labute approximate surface area is 220 Å². The van der Waals surface area contributed by atoms with Gasteiger partial charge in [0.05, 0.1) is 36.7 Å². The van der Waals surface area contributed by atoms with Crippen LogP contribution >= 0.6 is 0 Å². The number of rotatable bonds is 4. The Kier molecular flexibility index (Phi) is 5.09. The van der Waals surface area contributed by atoms with Crippen LogP contribution in [0.2, 0.25) is 0 Å². The van der Waals surface area contributed by atoms with Crippen LogP contribution in [0.5, 0.6) is 23.1 Å². The summed E-state index contributed by atoms with van der Waals surface area (Å²) in [5.41, 5.74) is 2.33. The van der Waals surface area contributed by atoms with Crippen LogP contribution in [0.1, 0.15) is 22.6 Å². The van der Waals surface area contributed by atoms with E-state index in [1.165, 1.54) is 23.0 Å². The Morgan fingerprint density at radius 1 is 0.974 bits per heavy atom. The number of hydrogen-bond acceptors (Lipinski definition) is 8. The van der Waals surface area contributed by atoms with E-state index in [1.807, 2.05) is 18.2 Å². The van der Waals surface area contributed by atoms with Gasteiger partial charge in [0.1, 0.15) is 29.2 Å². The molecule has 0 radical (unpaired) electrons. The van der Waals surface area contributed by atoms with E-state index in [2.05, 4.69) is 10.1 Å². The molecule has 4 heterocycles. The third kappa shape index (κ3) is 3.52. The molecule has 0 saturated heterocycles. The summed E-state index contributed by atoms with van der Waals surface area (Å²) < 4.78 is 38.3. The van der Waals surface area contributed by atoms with Crippen molar-refractivity contribution in [1.29, 1.82) is 0 Å². The van der Waals surface area contributed by atoms with Crippen molar-refractivity contribution in [3.8, 4) is 34.5 Å². The molecule has 6 aromatic rings. The predicted molar refractivity (Wildman–Crippen MR) is 139 cm³/mol. The van der Waals surface area contributed by atoms with E-state index >= 15 is 0 Å². The van der Waals surface area contributed by atoms with Gasteiger partial charge in [-0.25, -0.2) is 23.7 Å². The van der Waals surface area contributed by atoms with Gasteiger partial charge in [0.15, 0.2) is 17.2 Å². The second-order valence-corrected chi connectivity index (χ2v) is 8.95. The molecular weight excluding hydrogens is 503 g/mol. The SMILES string of the molecule is COc1ccc(C2c3c(c4ccccc4oc3=O)Oc3ncn4nc(-c5ccc(F)cc5)nc4c32)c(OC)c1. The highest BCUT2D eigenvalue weighted by Crippen LogP contribution is 2.50. The molecule has 1 atom stereocenters. The zero-order chi connectivity index (χ0) is 26.7. The van der Waals surface area contributed by atoms with Gasteiger partial charge >= 0.3 is 5.63 Å². The smallest absolute Gasteiger partial charge is 0.344 e. The minimum Gasteiger partial charge on any atom is -0.497 e. The quantitative estimate of drug-likeness (QED) is 0.286. The molecule has 1 unspecified atom stereocenters. The lowest BCUT2D eigenvalue weighted by molar-refractivity contribution is 0.387. The van der Waals surface area contributed by atoms with Crippen molar-refractivity contribution < 1.29 is 23.0 Å². The maximum absolute atomic E-state index is 13.6. The predicted octanol–water partition coefficient (Wildman–Crippen LogP) is 5.34. The van der Waals surface area contributed by atoms with Crippen LogP contribution < -0.4 is 19.8 Å². The van der Waals surface area contributed by atoms with E-state index in [0.29, 0.717) is 56.4 Å². The Morgan fingerprint density at radius 2 is 1.79 bits per heavy atom. The molecule has 0 saturated carbocycles. The summed E-state index contributed by atoms with van der Waals surface area (Å²) in [7, 11) is 3.11. The molecule has 7 rings (SSSR count). The number of nitrogens with zero attached hydrogens (tertiary/aromatic N) is 4. The molecular formula is C29H19FN4O5. The van der Waals surface area contributed by atoms with Crippen LogP contribution in [0.15, 0.2) is 82.3 Å². The van der Waals surface area contributed by atoms with Gasteiger partial charge in [-0.3, -0.25) is 0 Å². The molecule has 10 heteroatoms. The molecule has 0 fully saturated rings. The molecule has 1 aliphatic rings. The van der Waals surface area contributed by atoms with E-state index in [0.717, 1.165) is 0 Å². The fourth-order valence-corrected chi connectivity index (χ4v) is 5.02. The molecule has 3 aromatic heterocycles. The topological polar surface area (TPSA) is 101 Å². The monoisotopic (exact) mass is 522 g/mol. The average Bonchev–Trinajstić information content (AvgIpc) is 3.41. The standard InChI is InChI=1S/C29H19FN4O5/c1-36-17-11-12-18(21(13-17)37-2)22-23-25(19-5-3-4-6-20(19)38-29(23)35)39-28-24(22)27-32-26(33-34(27)14-31-28)15-7-9-16(30)10-8-15/h3-14,22H,1-2H3. The fourth-order valence-electron chi connectivity index (χ4n) is 5.02. The van der Waals surface area contributed by atoms with Gasteiger partial charge in [0.25, 0.3) is 0 Å². The number of benzene rings is 3. The molecule has 1 aliphatic heterocycles.